The van der Waals surface area contributed by atoms with Crippen LogP contribution in [0.3, 0.4) is 0 Å². The van der Waals surface area contributed by atoms with Gasteiger partial charge in [0.05, 0.1) is 18.2 Å². The molecule has 27 heavy (non-hydrogen) atoms. The van der Waals surface area contributed by atoms with E-state index < -0.39 is 10.0 Å². The Morgan fingerprint density at radius 3 is 2.85 bits per heavy atom. The van der Waals surface area contributed by atoms with Gasteiger partial charge in [-0.2, -0.15) is 4.31 Å². The molecular weight excluding hydrogens is 388 g/mol. The second-order valence-electron chi connectivity index (χ2n) is 6.36. The van der Waals surface area contributed by atoms with E-state index >= 15 is 0 Å². The molecule has 1 amide bonds. The van der Waals surface area contributed by atoms with Crippen LogP contribution in [0.25, 0.3) is 0 Å². The molecule has 148 valence electrons. The Hall–Kier alpha value is -1.75. The van der Waals surface area contributed by atoms with E-state index in [0.29, 0.717) is 32.8 Å². The number of H-pyrrole nitrogens is 1. The van der Waals surface area contributed by atoms with E-state index in [4.69, 9.17) is 4.74 Å². The van der Waals surface area contributed by atoms with Crippen molar-refractivity contribution >= 4 is 27.3 Å². The number of sulfonamides is 1. The Bertz CT molecular complexity index is 869. The number of nitrogens with zero attached hydrogens (tertiary/aromatic N) is 2. The lowest BCUT2D eigenvalue weighted by Crippen LogP contribution is -2.40. The Morgan fingerprint density at radius 2 is 2.15 bits per heavy atom. The van der Waals surface area contributed by atoms with Crippen molar-refractivity contribution in [2.24, 2.45) is 0 Å². The van der Waals surface area contributed by atoms with Gasteiger partial charge >= 0.3 is 0 Å². The SMILES string of the molecule is Cc1csc(CCCCNC(=O)c2cc(S(=O)(=O)N3CCOCC3)c[nH]2)n1. The van der Waals surface area contributed by atoms with Gasteiger partial charge in [-0.05, 0) is 32.3 Å². The van der Waals surface area contributed by atoms with Gasteiger partial charge in [0.25, 0.3) is 5.91 Å². The molecule has 0 unspecified atom stereocenters. The van der Waals surface area contributed by atoms with Gasteiger partial charge in [0, 0.05) is 36.9 Å². The lowest BCUT2D eigenvalue weighted by atomic mass is 10.2. The zero-order valence-electron chi connectivity index (χ0n) is 15.2. The van der Waals surface area contributed by atoms with Crippen LogP contribution in [0, 0.1) is 6.92 Å². The molecule has 3 heterocycles. The summed E-state index contributed by atoms with van der Waals surface area (Å²) in [4.78, 5) is 19.5. The fourth-order valence-electron chi connectivity index (χ4n) is 2.81. The van der Waals surface area contributed by atoms with Gasteiger partial charge in [0.15, 0.2) is 0 Å². The number of rotatable bonds is 8. The fourth-order valence-corrected chi connectivity index (χ4v) is 5.03. The van der Waals surface area contributed by atoms with Crippen LogP contribution in [-0.4, -0.2) is 61.4 Å². The number of aryl methyl sites for hydroxylation is 2. The number of aromatic amines is 1. The van der Waals surface area contributed by atoms with Crippen molar-refractivity contribution in [3.63, 3.8) is 0 Å². The largest absolute Gasteiger partial charge is 0.379 e. The third-order valence-corrected chi connectivity index (χ3v) is 7.18. The highest BCUT2D eigenvalue weighted by Crippen LogP contribution is 2.18. The molecule has 0 radical (unpaired) electrons. The molecular formula is C17H24N4O4S2. The maximum absolute atomic E-state index is 12.6. The number of carbonyl (C=O) groups excluding carboxylic acids is 1. The standard InChI is InChI=1S/C17H24N4O4S2/c1-13-12-26-16(20-13)4-2-3-5-18-17(22)15-10-14(11-19-15)27(23,24)21-6-8-25-9-7-21/h10-12,19H,2-9H2,1H3,(H,18,22). The van der Waals surface area contributed by atoms with E-state index in [1.165, 1.54) is 16.6 Å². The van der Waals surface area contributed by atoms with Gasteiger partial charge in [-0.1, -0.05) is 0 Å². The minimum Gasteiger partial charge on any atom is -0.379 e. The number of unbranched alkanes of at least 4 members (excludes halogenated alkanes) is 1. The van der Waals surface area contributed by atoms with Crippen LogP contribution in [0.5, 0.6) is 0 Å². The zero-order chi connectivity index (χ0) is 19.3. The summed E-state index contributed by atoms with van der Waals surface area (Å²) in [6, 6.07) is 1.39. The highest BCUT2D eigenvalue weighted by atomic mass is 32.2. The smallest absolute Gasteiger partial charge is 0.267 e. The summed E-state index contributed by atoms with van der Waals surface area (Å²) in [5, 5.41) is 5.96. The van der Waals surface area contributed by atoms with Crippen LogP contribution >= 0.6 is 11.3 Å². The first kappa shape index (κ1) is 20.0. The maximum Gasteiger partial charge on any atom is 0.267 e. The Kier molecular flexibility index (Phi) is 6.64. The summed E-state index contributed by atoms with van der Waals surface area (Å²) in [6.07, 6.45) is 4.04. The summed E-state index contributed by atoms with van der Waals surface area (Å²) in [5.41, 5.74) is 1.29. The molecule has 2 aromatic heterocycles. The number of hydrogen-bond acceptors (Lipinski definition) is 6. The second-order valence-corrected chi connectivity index (χ2v) is 9.24. The number of nitrogens with one attached hydrogen (secondary N) is 2. The Morgan fingerprint density at radius 1 is 1.37 bits per heavy atom. The van der Waals surface area contributed by atoms with Crippen molar-refractivity contribution < 1.29 is 17.9 Å². The molecule has 0 spiro atoms. The van der Waals surface area contributed by atoms with E-state index in [0.717, 1.165) is 30.0 Å². The van der Waals surface area contributed by atoms with Crippen molar-refractivity contribution in [1.29, 1.82) is 0 Å². The van der Waals surface area contributed by atoms with E-state index in [1.54, 1.807) is 11.3 Å². The fraction of sp³-hybridized carbons (Fsp3) is 0.529. The number of carbonyl (C=O) groups is 1. The normalized spacial score (nSPS) is 15.7. The average Bonchev–Trinajstić information content (AvgIpc) is 3.32. The number of amides is 1. The molecule has 2 N–H and O–H groups in total. The number of ether oxygens (including phenoxy) is 1. The monoisotopic (exact) mass is 412 g/mol. The van der Waals surface area contributed by atoms with E-state index in [9.17, 15) is 13.2 Å². The minimum absolute atomic E-state index is 0.105. The van der Waals surface area contributed by atoms with Gasteiger partial charge in [-0.15, -0.1) is 11.3 Å². The van der Waals surface area contributed by atoms with Crippen LogP contribution in [0.2, 0.25) is 0 Å². The predicted molar refractivity (Wildman–Crippen MR) is 102 cm³/mol. The molecule has 2 aromatic rings. The molecule has 8 nitrogen and oxygen atoms in total. The molecule has 0 aromatic carbocycles. The van der Waals surface area contributed by atoms with Crippen LogP contribution in [0.1, 0.15) is 34.0 Å². The number of morpholine rings is 1. The Labute approximate surface area is 163 Å². The molecule has 1 aliphatic rings. The van der Waals surface area contributed by atoms with Crippen molar-refractivity contribution in [3.8, 4) is 0 Å². The molecule has 0 bridgehead atoms. The zero-order valence-corrected chi connectivity index (χ0v) is 16.9. The van der Waals surface area contributed by atoms with Gasteiger partial charge in [-0.25, -0.2) is 13.4 Å². The molecule has 10 heteroatoms. The quantitative estimate of drug-likeness (QED) is 0.640. The predicted octanol–water partition coefficient (Wildman–Crippen LogP) is 1.55. The molecule has 3 rings (SSSR count). The summed E-state index contributed by atoms with van der Waals surface area (Å²) < 4.78 is 31.7. The van der Waals surface area contributed by atoms with Crippen molar-refractivity contribution in [2.45, 2.75) is 31.1 Å². The van der Waals surface area contributed by atoms with Crippen LogP contribution in [-0.2, 0) is 21.2 Å². The molecule has 1 saturated heterocycles. The number of thiazole rings is 1. The molecule has 1 fully saturated rings. The minimum atomic E-state index is -3.60. The summed E-state index contributed by atoms with van der Waals surface area (Å²) >= 11 is 1.66. The highest BCUT2D eigenvalue weighted by Gasteiger charge is 2.27. The third-order valence-electron chi connectivity index (χ3n) is 4.28. The van der Waals surface area contributed by atoms with Crippen LogP contribution in [0.15, 0.2) is 22.5 Å². The third kappa shape index (κ3) is 5.16. The van der Waals surface area contributed by atoms with Crippen LogP contribution < -0.4 is 5.32 Å². The molecule has 0 aliphatic carbocycles. The summed E-state index contributed by atoms with van der Waals surface area (Å²) in [6.45, 7) is 3.94. The Balaban J connectivity index is 1.46. The number of aromatic nitrogens is 2. The van der Waals surface area contributed by atoms with Gasteiger partial charge < -0.3 is 15.0 Å². The first-order chi connectivity index (χ1) is 13.0. The first-order valence-corrected chi connectivity index (χ1v) is 11.2. The summed E-state index contributed by atoms with van der Waals surface area (Å²) in [7, 11) is -3.60. The molecule has 1 aliphatic heterocycles. The maximum atomic E-state index is 12.6. The van der Waals surface area contributed by atoms with E-state index in [-0.39, 0.29) is 16.5 Å². The van der Waals surface area contributed by atoms with Gasteiger partial charge in [0.2, 0.25) is 10.0 Å². The lowest BCUT2D eigenvalue weighted by Gasteiger charge is -2.25. The van der Waals surface area contributed by atoms with Gasteiger partial charge in [-0.3, -0.25) is 4.79 Å². The molecule has 0 saturated carbocycles. The van der Waals surface area contributed by atoms with E-state index in [2.05, 4.69) is 15.3 Å². The number of hydrogen-bond donors (Lipinski definition) is 2. The molecule has 0 atom stereocenters. The van der Waals surface area contributed by atoms with Crippen molar-refractivity contribution in [1.82, 2.24) is 19.6 Å². The van der Waals surface area contributed by atoms with Crippen molar-refractivity contribution in [2.75, 3.05) is 32.8 Å². The summed E-state index contributed by atoms with van der Waals surface area (Å²) in [5.74, 6) is -0.302. The topological polar surface area (TPSA) is 104 Å². The van der Waals surface area contributed by atoms with E-state index in [1.807, 2.05) is 12.3 Å². The van der Waals surface area contributed by atoms with Crippen molar-refractivity contribution in [3.05, 3.63) is 34.0 Å². The van der Waals surface area contributed by atoms with Gasteiger partial charge in [0.1, 0.15) is 10.6 Å². The lowest BCUT2D eigenvalue weighted by molar-refractivity contribution is 0.0730. The first-order valence-electron chi connectivity index (χ1n) is 8.92. The average molecular weight is 413 g/mol. The highest BCUT2D eigenvalue weighted by molar-refractivity contribution is 7.89. The van der Waals surface area contributed by atoms with Crippen LogP contribution in [0.4, 0.5) is 0 Å². The second kappa shape index (κ2) is 8.96.